The van der Waals surface area contributed by atoms with E-state index in [1.807, 2.05) is 9.80 Å². The second-order valence-electron chi connectivity index (χ2n) is 31.7. The van der Waals surface area contributed by atoms with Crippen molar-refractivity contribution >= 4 is 260 Å². The van der Waals surface area contributed by atoms with Crippen molar-refractivity contribution in [2.24, 2.45) is 5.73 Å². The highest BCUT2D eigenvalue weighted by molar-refractivity contribution is 7.14. The molecule has 10 amide bonds. The molecule has 0 spiro atoms. The van der Waals surface area contributed by atoms with E-state index < -0.39 is 88.2 Å². The summed E-state index contributed by atoms with van der Waals surface area (Å²) in [6, 6.07) is 43.2. The van der Waals surface area contributed by atoms with Gasteiger partial charge in [-0.15, -0.1) is 56.7 Å². The molecule has 12 heterocycles. The zero-order chi connectivity index (χ0) is 107. The number of aromatic nitrogens is 5. The third-order valence-corrected chi connectivity index (χ3v) is 27.0. The van der Waals surface area contributed by atoms with E-state index in [1.165, 1.54) is 118 Å². The first-order valence-electron chi connectivity index (χ1n) is 44.1. The maximum absolute atomic E-state index is 14.8. The minimum Gasteiger partial charge on any atom is -0.384 e. The molecule has 48 heteroatoms. The number of rotatable bonds is 25. The normalized spacial score (nSPS) is 11.7. The largest absolute Gasteiger partial charge is 0.384 e. The van der Waals surface area contributed by atoms with Crippen molar-refractivity contribution in [1.82, 2.24) is 34.7 Å². The van der Waals surface area contributed by atoms with Gasteiger partial charge < -0.3 is 79.5 Å². The summed E-state index contributed by atoms with van der Waals surface area (Å²) in [4.78, 5) is 150. The van der Waals surface area contributed by atoms with Gasteiger partial charge in [0.15, 0.2) is 0 Å². The Kier molecular flexibility index (Phi) is 38.3. The van der Waals surface area contributed by atoms with Gasteiger partial charge in [0.05, 0.1) is 81.4 Å². The van der Waals surface area contributed by atoms with Crippen molar-refractivity contribution in [2.75, 3.05) is 79.3 Å². The van der Waals surface area contributed by atoms with E-state index in [-0.39, 0.29) is 115 Å². The summed E-state index contributed by atoms with van der Waals surface area (Å²) in [5.74, 6) is -7.81. The van der Waals surface area contributed by atoms with E-state index in [1.54, 1.807) is 118 Å². The van der Waals surface area contributed by atoms with Crippen LogP contribution in [0.2, 0.25) is 25.1 Å². The summed E-state index contributed by atoms with van der Waals surface area (Å²) in [7, 11) is 0. The summed E-state index contributed by atoms with van der Waals surface area (Å²) < 4.78 is 72.0. The van der Waals surface area contributed by atoms with Crippen LogP contribution in [0.1, 0.15) is 174 Å². The first-order chi connectivity index (χ1) is 71.4. The smallest absolute Gasteiger partial charge is 0.269 e. The summed E-state index contributed by atoms with van der Waals surface area (Å²) in [6.07, 6.45) is 12.2. The van der Waals surface area contributed by atoms with Gasteiger partial charge in [0, 0.05) is 85.3 Å². The quantitative estimate of drug-likeness (QED) is 0.0144. The molecule has 17 rings (SSSR count). The third-order valence-electron chi connectivity index (χ3n) is 21.3. The second kappa shape index (κ2) is 51.8. The molecule has 0 aliphatic carbocycles. The lowest BCUT2D eigenvalue weighted by molar-refractivity contribution is 0.101. The number of pyridine rings is 5. The highest BCUT2D eigenvalue weighted by atomic mass is 35.5. The Hall–Kier alpha value is -16.1. The van der Waals surface area contributed by atoms with Crippen LogP contribution in [-0.2, 0) is 0 Å². The van der Waals surface area contributed by atoms with Gasteiger partial charge in [-0.05, 0) is 236 Å². The predicted molar refractivity (Wildman–Crippen MR) is 575 cm³/mol. The highest BCUT2D eigenvalue weighted by Crippen LogP contribution is 2.34. The molecular formula is C101H81Cl5F5N23O10S5. The van der Waals surface area contributed by atoms with Crippen molar-refractivity contribution in [3.8, 4) is 0 Å². The number of nitrogens with zero attached hydrogens (tertiary/aromatic N) is 7. The predicted octanol–water partition coefficient (Wildman–Crippen LogP) is 23.5. The number of nitrogens with two attached hydrogens (primary N) is 1. The molecule has 0 radical (unpaired) electrons. The number of carbonyl (C=O) groups excluding carboxylic acids is 10. The molecule has 760 valence electrons. The van der Waals surface area contributed by atoms with Crippen molar-refractivity contribution < 1.29 is 69.9 Å². The van der Waals surface area contributed by atoms with Crippen LogP contribution in [0.15, 0.2) is 240 Å². The number of piperidine rings is 1. The molecule has 0 saturated carbocycles. The lowest BCUT2D eigenvalue weighted by Gasteiger charge is -2.29. The van der Waals surface area contributed by atoms with Crippen molar-refractivity contribution in [3.05, 3.63) is 374 Å². The Morgan fingerprint density at radius 2 is 0.477 bits per heavy atom. The summed E-state index contributed by atoms with van der Waals surface area (Å²) >= 11 is 34.5. The zero-order valence-electron chi connectivity index (χ0n) is 77.6. The van der Waals surface area contributed by atoms with Crippen LogP contribution in [0.5, 0.6) is 0 Å². The average Bonchev–Trinajstić information content (AvgIpc) is 1.82. The van der Waals surface area contributed by atoms with Gasteiger partial charge in [0.2, 0.25) is 0 Å². The number of hydrogen-bond donors (Lipinski definition) is 16. The highest BCUT2D eigenvalue weighted by Gasteiger charge is 2.29. The molecule has 0 atom stereocenters. The third kappa shape index (κ3) is 30.1. The van der Waals surface area contributed by atoms with Gasteiger partial charge in [-0.1, -0.05) is 88.3 Å². The number of thiophene rings is 5. The van der Waals surface area contributed by atoms with Crippen LogP contribution in [0, 0.1) is 56.1 Å². The van der Waals surface area contributed by atoms with Crippen LogP contribution in [0.4, 0.5) is 79.5 Å². The lowest BCUT2D eigenvalue weighted by atomic mass is 10.1. The monoisotopic (exact) mass is 2210 g/mol. The summed E-state index contributed by atoms with van der Waals surface area (Å²) in [5, 5.41) is 75.2. The Bertz CT molecular complexity index is 7220. The Morgan fingerprint density at radius 1 is 0.275 bits per heavy atom. The lowest BCUT2D eigenvalue weighted by Crippen LogP contribution is -2.35. The molecule has 5 aromatic carbocycles. The first-order valence-corrected chi connectivity index (χ1v) is 50.4. The number of amidine groups is 3. The molecule has 17 N–H and O–H groups in total. The standard InChI is InChI=1S/C23H21ClFN5O2S.C22H19ClFN5O2S.2C19H14ClFN4O2S.C18H13ClFN5O2S/c24-15-5-7-19(27-13-15)29-23(32)20-18(8-11-33-20)28-22(31)16-6-4-14(12-17(16)25)21(26)30-9-2-1-3-10-30;23-14-4-6-18(26-12-14)28-22(31)19-17(7-10-32-19)27-21(30)15-5-3-13(11-16(15)24)20(25)29-8-1-2-9-29;2*1-10(22)11-2-4-13(14(21)8-11)18(26)24-15-6-7-28-17(15)19(27)25-16-5-3-12(20)9-23-16;19-10-2-4-14(23-8-10)25-18(27)15-13(5-6-28-15)24-17(26)11-3-1-9(16(21)22)7-12(11)20/h4-8,11-13,26H,1-3,9-10H2,(H,28,31)(H,27,29,32);3-7,10-12,25H,1-2,8-9H2,(H,27,30)(H,26,28,31);2*2-9,22H,1H3,(H,24,26)(H,23,25,27);1-8H,(H3,21,22)(H,24,26)(H,23,25,27). The van der Waals surface area contributed by atoms with Crippen LogP contribution in [-0.4, -0.2) is 149 Å². The Labute approximate surface area is 890 Å². The van der Waals surface area contributed by atoms with E-state index >= 15 is 0 Å². The number of nitrogen functional groups attached to an aromatic ring is 1. The maximum Gasteiger partial charge on any atom is 0.269 e. The number of hydrogen-bond acceptors (Lipinski definition) is 25. The van der Waals surface area contributed by atoms with Gasteiger partial charge in [-0.25, -0.2) is 46.9 Å². The van der Waals surface area contributed by atoms with Crippen molar-refractivity contribution in [1.29, 1.82) is 27.0 Å². The number of halogens is 10. The van der Waals surface area contributed by atoms with Gasteiger partial charge in [0.1, 0.15) is 100 Å². The van der Waals surface area contributed by atoms with E-state index in [2.05, 4.69) is 78.1 Å². The fourth-order valence-corrected chi connectivity index (χ4v) is 18.1. The second-order valence-corrected chi connectivity index (χ2v) is 38.5. The molecule has 2 saturated heterocycles. The van der Waals surface area contributed by atoms with Crippen molar-refractivity contribution in [2.45, 2.75) is 46.0 Å². The molecular weight excluding hydrogens is 2130 g/mol. The minimum absolute atomic E-state index is 0.165. The van der Waals surface area contributed by atoms with Crippen LogP contribution >= 0.6 is 115 Å². The zero-order valence-corrected chi connectivity index (χ0v) is 85.4. The molecule has 0 bridgehead atoms. The Morgan fingerprint density at radius 3 is 0.678 bits per heavy atom. The van der Waals surface area contributed by atoms with E-state index in [0.29, 0.717) is 76.5 Å². The number of nitrogens with one attached hydrogen (secondary N) is 15. The number of benzene rings is 5. The minimum atomic E-state index is -0.822. The summed E-state index contributed by atoms with van der Waals surface area (Å²) in [6.45, 7) is 6.16. The first kappa shape index (κ1) is 110. The number of amides is 10. The average molecular weight is 2210 g/mol. The number of likely N-dealkylation sites (tertiary alicyclic amines) is 2. The molecule has 2 aliphatic heterocycles. The number of anilines is 10. The molecule has 10 aromatic heterocycles. The van der Waals surface area contributed by atoms with E-state index in [4.69, 9.17) is 90.8 Å². The molecule has 149 heavy (non-hydrogen) atoms. The topological polar surface area (TPSA) is 507 Å². The van der Waals surface area contributed by atoms with Gasteiger partial charge >= 0.3 is 0 Å². The van der Waals surface area contributed by atoms with Gasteiger partial charge in [-0.3, -0.25) is 64.2 Å². The maximum atomic E-state index is 14.8. The number of carbonyl (C=O) groups is 10. The molecule has 33 nitrogen and oxygen atoms in total. The molecule has 0 unspecified atom stereocenters. The van der Waals surface area contributed by atoms with Gasteiger partial charge in [0.25, 0.3) is 59.1 Å². The van der Waals surface area contributed by atoms with Crippen molar-refractivity contribution in [3.63, 3.8) is 0 Å². The van der Waals surface area contributed by atoms with E-state index in [0.717, 1.165) is 133 Å². The van der Waals surface area contributed by atoms with Gasteiger partial charge in [-0.2, -0.15) is 0 Å². The molecule has 2 aliphatic rings. The van der Waals surface area contributed by atoms with Crippen LogP contribution in [0.25, 0.3) is 0 Å². The Balaban J connectivity index is 0.000000156. The molecule has 2 fully saturated rings. The van der Waals surface area contributed by atoms with E-state index in [9.17, 15) is 69.9 Å². The van der Waals surface area contributed by atoms with Crippen LogP contribution < -0.4 is 58.9 Å². The molecule has 15 aromatic rings. The fourth-order valence-electron chi connectivity index (χ4n) is 13.8. The van der Waals surface area contributed by atoms with Crippen LogP contribution in [0.3, 0.4) is 0 Å². The fraction of sp³-hybridized carbons (Fsp3) is 0.109. The summed E-state index contributed by atoms with van der Waals surface area (Å²) in [5.41, 5.74) is 7.84. The SMILES string of the molecule is CC(=N)c1ccc(C(=O)Nc2ccsc2C(=O)Nc2ccc(Cl)cn2)c(F)c1.CC(=N)c1ccc(C(=O)Nc2ccsc2C(=O)Nc2ccc(Cl)cn2)c(F)c1.N=C(N)c1ccc(C(=O)Nc2ccsc2C(=O)Nc2ccc(Cl)cn2)c(F)c1.N=C(c1ccc(C(=O)Nc2ccsc2C(=O)Nc2ccc(Cl)cn2)c(F)c1)N1CCCC1.N=C(c1ccc(C(=O)Nc2ccsc2C(=O)Nc2ccc(Cl)cn2)c(F)c1)N1CCCCC1.